The lowest BCUT2D eigenvalue weighted by molar-refractivity contribution is -0.141. The first-order valence-electron chi connectivity index (χ1n) is 12.9. The average molecular weight is 536 g/mol. The van der Waals surface area contributed by atoms with Crippen LogP contribution in [0.4, 0.5) is 0 Å². The first-order chi connectivity index (χ1) is 18.3. The Morgan fingerprint density at radius 2 is 1.32 bits per heavy atom. The molecule has 0 spiro atoms. The summed E-state index contributed by atoms with van der Waals surface area (Å²) < 4.78 is 26.6. The quantitative estimate of drug-likeness (QED) is 0.308. The van der Waals surface area contributed by atoms with E-state index in [1.807, 2.05) is 91.0 Å². The van der Waals surface area contributed by atoms with Crippen LogP contribution in [0.3, 0.4) is 0 Å². The molecular weight excluding hydrogens is 498 g/mol. The van der Waals surface area contributed by atoms with Crippen molar-refractivity contribution >= 4 is 21.8 Å². The standard InChI is InChI=1S/C30H37N3O4S/c1-3-4-14-21-31-30(35)29(27-19-12-7-13-20-27)33(23-26-17-10-6-11-18-26)28(34)24-32(38(2,36)37)22-25-15-8-5-9-16-25/h5-13,15-20,29H,3-4,14,21-24H2,1-2H3,(H,31,35)/t29-/m0/s1. The van der Waals surface area contributed by atoms with Gasteiger partial charge in [0.2, 0.25) is 21.8 Å². The zero-order valence-electron chi connectivity index (χ0n) is 22.1. The number of unbranched alkanes of at least 4 members (excludes halogenated alkanes) is 2. The Bertz CT molecular complexity index is 1250. The molecule has 0 heterocycles. The highest BCUT2D eigenvalue weighted by Crippen LogP contribution is 2.25. The summed E-state index contributed by atoms with van der Waals surface area (Å²) in [6.45, 7) is 2.44. The number of nitrogens with one attached hydrogen (secondary N) is 1. The van der Waals surface area contributed by atoms with Crippen LogP contribution in [-0.2, 0) is 32.7 Å². The van der Waals surface area contributed by atoms with Gasteiger partial charge < -0.3 is 10.2 Å². The van der Waals surface area contributed by atoms with E-state index in [0.29, 0.717) is 12.1 Å². The number of amides is 2. The van der Waals surface area contributed by atoms with E-state index in [-0.39, 0.29) is 25.5 Å². The fraction of sp³-hybridized carbons (Fsp3) is 0.333. The van der Waals surface area contributed by atoms with Gasteiger partial charge in [0, 0.05) is 19.6 Å². The van der Waals surface area contributed by atoms with Gasteiger partial charge in [-0.25, -0.2) is 8.42 Å². The highest BCUT2D eigenvalue weighted by Gasteiger charge is 2.33. The zero-order valence-corrected chi connectivity index (χ0v) is 22.9. The van der Waals surface area contributed by atoms with Crippen LogP contribution in [-0.4, -0.2) is 48.8 Å². The molecule has 202 valence electrons. The minimum Gasteiger partial charge on any atom is -0.354 e. The van der Waals surface area contributed by atoms with Crippen LogP contribution in [0, 0.1) is 0 Å². The largest absolute Gasteiger partial charge is 0.354 e. The predicted molar refractivity (Wildman–Crippen MR) is 150 cm³/mol. The summed E-state index contributed by atoms with van der Waals surface area (Å²) in [7, 11) is -3.71. The molecule has 3 aromatic rings. The molecule has 0 fully saturated rings. The van der Waals surface area contributed by atoms with Gasteiger partial charge in [0.15, 0.2) is 0 Å². The molecule has 1 N–H and O–H groups in total. The monoisotopic (exact) mass is 535 g/mol. The Labute approximate surface area is 226 Å². The average Bonchev–Trinajstić information content (AvgIpc) is 2.91. The normalized spacial score (nSPS) is 12.2. The second kappa shape index (κ2) is 14.4. The van der Waals surface area contributed by atoms with Gasteiger partial charge in [0.25, 0.3) is 0 Å². The zero-order chi connectivity index (χ0) is 27.4. The number of sulfonamides is 1. The fourth-order valence-electron chi connectivity index (χ4n) is 4.21. The van der Waals surface area contributed by atoms with Crippen molar-refractivity contribution in [3.8, 4) is 0 Å². The maximum atomic E-state index is 13.9. The van der Waals surface area contributed by atoms with Crippen LogP contribution in [0.25, 0.3) is 0 Å². The first-order valence-corrected chi connectivity index (χ1v) is 14.8. The lowest BCUT2D eigenvalue weighted by Crippen LogP contribution is -2.47. The number of carbonyl (C=O) groups excluding carboxylic acids is 2. The van der Waals surface area contributed by atoms with Crippen molar-refractivity contribution in [3.63, 3.8) is 0 Å². The third kappa shape index (κ3) is 8.82. The maximum Gasteiger partial charge on any atom is 0.247 e. The summed E-state index contributed by atoms with van der Waals surface area (Å²) in [5.74, 6) is -0.738. The Morgan fingerprint density at radius 3 is 1.84 bits per heavy atom. The van der Waals surface area contributed by atoms with E-state index in [0.717, 1.165) is 41.0 Å². The van der Waals surface area contributed by atoms with Crippen molar-refractivity contribution in [1.29, 1.82) is 0 Å². The minimum absolute atomic E-state index is 0.0593. The van der Waals surface area contributed by atoms with Gasteiger partial charge in [0.1, 0.15) is 6.04 Å². The molecule has 3 aromatic carbocycles. The molecule has 0 aliphatic rings. The van der Waals surface area contributed by atoms with Gasteiger partial charge in [-0.1, -0.05) is 111 Å². The topological polar surface area (TPSA) is 86.8 Å². The molecule has 0 aliphatic heterocycles. The number of carbonyl (C=O) groups is 2. The molecule has 0 unspecified atom stereocenters. The summed E-state index contributed by atoms with van der Waals surface area (Å²) in [5.41, 5.74) is 2.28. The van der Waals surface area contributed by atoms with E-state index < -0.39 is 22.0 Å². The molecule has 0 aromatic heterocycles. The molecule has 2 amide bonds. The van der Waals surface area contributed by atoms with Crippen LogP contribution in [0.15, 0.2) is 91.0 Å². The second-order valence-corrected chi connectivity index (χ2v) is 11.3. The summed E-state index contributed by atoms with van der Waals surface area (Å²) in [5, 5.41) is 3.00. The molecule has 0 bridgehead atoms. The Balaban J connectivity index is 1.96. The van der Waals surface area contributed by atoms with E-state index in [1.165, 1.54) is 4.90 Å². The highest BCUT2D eigenvalue weighted by molar-refractivity contribution is 7.88. The molecule has 0 radical (unpaired) electrons. The Morgan fingerprint density at radius 1 is 0.789 bits per heavy atom. The number of rotatable bonds is 14. The van der Waals surface area contributed by atoms with Gasteiger partial charge in [-0.15, -0.1) is 0 Å². The summed E-state index contributed by atoms with van der Waals surface area (Å²) in [6, 6.07) is 26.8. The van der Waals surface area contributed by atoms with Crippen LogP contribution < -0.4 is 5.32 Å². The second-order valence-electron chi connectivity index (χ2n) is 9.34. The molecule has 0 saturated heterocycles. The molecule has 3 rings (SSSR count). The van der Waals surface area contributed by atoms with Crippen molar-refractivity contribution in [2.24, 2.45) is 0 Å². The van der Waals surface area contributed by atoms with Crippen molar-refractivity contribution in [1.82, 2.24) is 14.5 Å². The lowest BCUT2D eigenvalue weighted by atomic mass is 10.0. The van der Waals surface area contributed by atoms with Crippen LogP contribution in [0.2, 0.25) is 0 Å². The minimum atomic E-state index is -3.71. The van der Waals surface area contributed by atoms with Gasteiger partial charge in [-0.2, -0.15) is 4.31 Å². The smallest absolute Gasteiger partial charge is 0.247 e. The van der Waals surface area contributed by atoms with Crippen LogP contribution >= 0.6 is 0 Å². The van der Waals surface area contributed by atoms with E-state index in [2.05, 4.69) is 12.2 Å². The molecule has 1 atom stereocenters. The van der Waals surface area contributed by atoms with Crippen molar-refractivity contribution < 1.29 is 18.0 Å². The summed E-state index contributed by atoms with van der Waals surface area (Å²) in [6.07, 6.45) is 3.96. The summed E-state index contributed by atoms with van der Waals surface area (Å²) >= 11 is 0. The van der Waals surface area contributed by atoms with Gasteiger partial charge in [-0.05, 0) is 23.1 Å². The number of benzene rings is 3. The van der Waals surface area contributed by atoms with Crippen molar-refractivity contribution in [2.75, 3.05) is 19.3 Å². The summed E-state index contributed by atoms with van der Waals surface area (Å²) in [4.78, 5) is 29.0. The number of hydrogen-bond donors (Lipinski definition) is 1. The lowest BCUT2D eigenvalue weighted by Gasteiger charge is -2.33. The van der Waals surface area contributed by atoms with E-state index in [4.69, 9.17) is 0 Å². The van der Waals surface area contributed by atoms with Gasteiger partial charge >= 0.3 is 0 Å². The fourth-order valence-corrected chi connectivity index (χ4v) is 4.94. The molecule has 0 saturated carbocycles. The van der Waals surface area contributed by atoms with Crippen molar-refractivity contribution in [3.05, 3.63) is 108 Å². The Hall–Kier alpha value is -3.49. The molecular formula is C30H37N3O4S. The van der Waals surface area contributed by atoms with Gasteiger partial charge in [0.05, 0.1) is 12.8 Å². The van der Waals surface area contributed by atoms with E-state index >= 15 is 0 Å². The first kappa shape index (κ1) is 29.1. The number of hydrogen-bond acceptors (Lipinski definition) is 4. The van der Waals surface area contributed by atoms with Crippen LogP contribution in [0.5, 0.6) is 0 Å². The third-order valence-electron chi connectivity index (χ3n) is 6.25. The van der Waals surface area contributed by atoms with Gasteiger partial charge in [-0.3, -0.25) is 9.59 Å². The maximum absolute atomic E-state index is 13.9. The third-order valence-corrected chi connectivity index (χ3v) is 7.45. The molecule has 38 heavy (non-hydrogen) atoms. The number of nitrogens with zero attached hydrogens (tertiary/aromatic N) is 2. The molecule has 0 aliphatic carbocycles. The predicted octanol–water partition coefficient (Wildman–Crippen LogP) is 4.52. The SMILES string of the molecule is CCCCCNC(=O)[C@H](c1ccccc1)N(Cc1ccccc1)C(=O)CN(Cc1ccccc1)S(C)(=O)=O. The molecule has 7 nitrogen and oxygen atoms in total. The highest BCUT2D eigenvalue weighted by atomic mass is 32.2. The van der Waals surface area contributed by atoms with E-state index in [1.54, 1.807) is 0 Å². The van der Waals surface area contributed by atoms with Crippen LogP contribution in [0.1, 0.15) is 48.9 Å². The molecule has 8 heteroatoms. The van der Waals surface area contributed by atoms with E-state index in [9.17, 15) is 18.0 Å². The van der Waals surface area contributed by atoms with Crippen molar-refractivity contribution in [2.45, 2.75) is 45.3 Å². The Kier molecular flexibility index (Phi) is 11.1.